The fraction of sp³-hybridized carbons (Fsp3) is 0.238. The molecular weight excluding hydrogens is 348 g/mol. The molecule has 0 saturated carbocycles. The van der Waals surface area contributed by atoms with Crippen LogP contribution in [0.4, 0.5) is 5.69 Å². The highest BCUT2D eigenvalue weighted by molar-refractivity contribution is 6.30. The van der Waals surface area contributed by atoms with E-state index in [1.54, 1.807) is 0 Å². The lowest BCUT2D eigenvalue weighted by Gasteiger charge is -2.35. The molecule has 2 aromatic carbocycles. The Morgan fingerprint density at radius 2 is 1.85 bits per heavy atom. The monoisotopic (exact) mass is 362 g/mol. The largest absolute Gasteiger partial charge is 0.378 e. The Morgan fingerprint density at radius 3 is 2.73 bits per heavy atom. The van der Waals surface area contributed by atoms with E-state index in [2.05, 4.69) is 22.8 Å². The summed E-state index contributed by atoms with van der Waals surface area (Å²) in [5.74, 6) is -1.09. The van der Waals surface area contributed by atoms with Crippen molar-refractivity contribution in [3.8, 4) is 0 Å². The van der Waals surface area contributed by atoms with Crippen LogP contribution in [0.2, 0.25) is 5.02 Å². The predicted octanol–water partition coefficient (Wildman–Crippen LogP) is 3.13. The van der Waals surface area contributed by atoms with E-state index in [9.17, 15) is 9.59 Å². The molecule has 4 unspecified atom stereocenters. The van der Waals surface area contributed by atoms with Gasteiger partial charge in [0.25, 0.3) is 0 Å². The van der Waals surface area contributed by atoms with Crippen LogP contribution in [0.15, 0.2) is 48.0 Å². The van der Waals surface area contributed by atoms with Gasteiger partial charge in [-0.25, -0.2) is 0 Å². The first-order valence-electron chi connectivity index (χ1n) is 8.85. The van der Waals surface area contributed by atoms with Gasteiger partial charge in [0.05, 0.1) is 17.9 Å². The van der Waals surface area contributed by atoms with Gasteiger partial charge in [-0.15, -0.1) is 0 Å². The van der Waals surface area contributed by atoms with E-state index >= 15 is 0 Å². The number of hydrogen-bond donors (Lipinski definition) is 2. The molecule has 0 spiro atoms. The summed E-state index contributed by atoms with van der Waals surface area (Å²) < 4.78 is 0. The molecule has 2 amide bonds. The molecule has 4 nitrogen and oxygen atoms in total. The number of rotatable bonds is 0. The first-order chi connectivity index (χ1) is 12.6. The molecule has 2 aliphatic heterocycles. The van der Waals surface area contributed by atoms with Crippen molar-refractivity contribution >= 4 is 34.7 Å². The summed E-state index contributed by atoms with van der Waals surface area (Å²) in [6.07, 6.45) is 0.776. The number of carbonyl (C=O) groups is 2. The van der Waals surface area contributed by atoms with Gasteiger partial charge in [0.1, 0.15) is 0 Å². The highest BCUT2D eigenvalue weighted by Gasteiger charge is 2.58. The van der Waals surface area contributed by atoms with Gasteiger partial charge in [0.15, 0.2) is 0 Å². The van der Waals surface area contributed by atoms with Crippen LogP contribution in [-0.4, -0.2) is 17.9 Å². The molecule has 2 aliphatic carbocycles. The fourth-order valence-electron chi connectivity index (χ4n) is 5.43. The van der Waals surface area contributed by atoms with Gasteiger partial charge in [-0.1, -0.05) is 35.9 Å². The molecule has 4 aliphatic rings. The average Bonchev–Trinajstić information content (AvgIpc) is 3.25. The molecule has 0 radical (unpaired) electrons. The number of hydrogen-bond acceptors (Lipinski definition) is 3. The molecule has 0 bridgehead atoms. The van der Waals surface area contributed by atoms with Crippen molar-refractivity contribution in [2.75, 3.05) is 5.32 Å². The Hall–Kier alpha value is -2.59. The molecule has 1 fully saturated rings. The summed E-state index contributed by atoms with van der Waals surface area (Å²) in [7, 11) is 0. The molecule has 5 heteroatoms. The summed E-state index contributed by atoms with van der Waals surface area (Å²) in [6.45, 7) is 0. The third kappa shape index (κ3) is 1.65. The Bertz CT molecular complexity index is 1060. The molecule has 128 valence electrons. The van der Waals surface area contributed by atoms with Crippen molar-refractivity contribution in [3.63, 3.8) is 0 Å². The van der Waals surface area contributed by atoms with Crippen molar-refractivity contribution in [2.24, 2.45) is 11.8 Å². The standard InChI is InChI=1S/C21H15ClN2O2/c22-10-5-6-11-9(7-10)8-13-15(11)17-18(21(26)24-20(17)25)16-12-3-1-2-4-14(12)23-19(13)16/h1-7,16-19,23H,8H2,(H,24,25,26). The lowest BCUT2D eigenvalue weighted by Crippen LogP contribution is -2.39. The zero-order chi connectivity index (χ0) is 17.6. The topological polar surface area (TPSA) is 58.2 Å². The zero-order valence-corrected chi connectivity index (χ0v) is 14.5. The van der Waals surface area contributed by atoms with Gasteiger partial charge in [0, 0.05) is 16.6 Å². The number of nitrogens with one attached hydrogen (secondary N) is 2. The van der Waals surface area contributed by atoms with Crippen molar-refractivity contribution in [1.29, 1.82) is 0 Å². The minimum atomic E-state index is -0.408. The van der Waals surface area contributed by atoms with Crippen molar-refractivity contribution in [3.05, 3.63) is 69.8 Å². The maximum absolute atomic E-state index is 12.7. The second kappa shape index (κ2) is 4.77. The lowest BCUT2D eigenvalue weighted by molar-refractivity contribution is -0.126. The lowest BCUT2D eigenvalue weighted by atomic mass is 9.66. The van der Waals surface area contributed by atoms with Gasteiger partial charge in [-0.2, -0.15) is 0 Å². The van der Waals surface area contributed by atoms with E-state index in [4.69, 9.17) is 11.6 Å². The molecule has 0 aromatic heterocycles. The minimum Gasteiger partial charge on any atom is -0.378 e. The molecule has 4 atom stereocenters. The first kappa shape index (κ1) is 14.6. The second-order valence-electron chi connectivity index (χ2n) is 7.51. The summed E-state index contributed by atoms with van der Waals surface area (Å²) in [5, 5.41) is 6.91. The summed E-state index contributed by atoms with van der Waals surface area (Å²) in [6, 6.07) is 14.0. The fourth-order valence-corrected chi connectivity index (χ4v) is 5.62. The van der Waals surface area contributed by atoms with Crippen LogP contribution in [0.5, 0.6) is 0 Å². The smallest absolute Gasteiger partial charge is 0.234 e. The van der Waals surface area contributed by atoms with Crippen LogP contribution in [0, 0.1) is 11.8 Å². The molecule has 2 aromatic rings. The number of amides is 2. The predicted molar refractivity (Wildman–Crippen MR) is 98.8 cm³/mol. The Labute approximate surface area is 155 Å². The Morgan fingerprint density at radius 1 is 1.00 bits per heavy atom. The van der Waals surface area contributed by atoms with E-state index in [0.717, 1.165) is 34.4 Å². The molecule has 6 rings (SSSR count). The second-order valence-corrected chi connectivity index (χ2v) is 7.95. The summed E-state index contributed by atoms with van der Waals surface area (Å²) in [5.41, 5.74) is 6.68. The maximum atomic E-state index is 12.7. The Kier molecular flexibility index (Phi) is 2.67. The van der Waals surface area contributed by atoms with Gasteiger partial charge < -0.3 is 5.32 Å². The number of carbonyl (C=O) groups excluding carboxylic acids is 2. The number of halogens is 1. The third-order valence-corrected chi connectivity index (χ3v) is 6.57. The molecule has 2 N–H and O–H groups in total. The van der Waals surface area contributed by atoms with Gasteiger partial charge in [-0.3, -0.25) is 14.9 Å². The number of anilines is 1. The molecule has 26 heavy (non-hydrogen) atoms. The van der Waals surface area contributed by atoms with E-state index in [1.807, 2.05) is 30.3 Å². The van der Waals surface area contributed by atoms with Crippen molar-refractivity contribution in [1.82, 2.24) is 5.32 Å². The molecule has 2 heterocycles. The van der Waals surface area contributed by atoms with Gasteiger partial charge in [-0.05, 0) is 52.5 Å². The van der Waals surface area contributed by atoms with Gasteiger partial charge in [0.2, 0.25) is 11.8 Å². The quantitative estimate of drug-likeness (QED) is 0.708. The highest BCUT2D eigenvalue weighted by Crippen LogP contribution is 2.58. The van der Waals surface area contributed by atoms with E-state index in [-0.39, 0.29) is 29.7 Å². The van der Waals surface area contributed by atoms with Crippen molar-refractivity contribution in [2.45, 2.75) is 18.4 Å². The normalized spacial score (nSPS) is 30.2. The third-order valence-electron chi connectivity index (χ3n) is 6.34. The Balaban J connectivity index is 1.61. The van der Waals surface area contributed by atoms with Crippen LogP contribution >= 0.6 is 11.6 Å². The van der Waals surface area contributed by atoms with Crippen LogP contribution < -0.4 is 10.6 Å². The number of benzene rings is 2. The molecule has 1 saturated heterocycles. The van der Waals surface area contributed by atoms with Crippen LogP contribution in [0.25, 0.3) is 5.57 Å². The maximum Gasteiger partial charge on any atom is 0.234 e. The zero-order valence-electron chi connectivity index (χ0n) is 13.8. The summed E-state index contributed by atoms with van der Waals surface area (Å²) in [4.78, 5) is 25.4. The van der Waals surface area contributed by atoms with Crippen LogP contribution in [0.3, 0.4) is 0 Å². The van der Waals surface area contributed by atoms with Crippen LogP contribution in [-0.2, 0) is 16.0 Å². The van der Waals surface area contributed by atoms with E-state index in [1.165, 1.54) is 5.57 Å². The highest BCUT2D eigenvalue weighted by atomic mass is 35.5. The number of imide groups is 1. The van der Waals surface area contributed by atoms with Crippen molar-refractivity contribution < 1.29 is 9.59 Å². The average molecular weight is 363 g/mol. The number of para-hydroxylation sites is 1. The van der Waals surface area contributed by atoms with Gasteiger partial charge >= 0.3 is 0 Å². The first-order valence-corrected chi connectivity index (χ1v) is 9.23. The SMILES string of the molecule is O=C1NC(=O)C2C1C1=C(Cc3cc(Cl)ccc31)C1Nc3ccccc3C12. The van der Waals surface area contributed by atoms with Crippen LogP contribution in [0.1, 0.15) is 22.6 Å². The number of fused-ring (bicyclic) bond motifs is 9. The van der Waals surface area contributed by atoms with E-state index in [0.29, 0.717) is 5.02 Å². The minimum absolute atomic E-state index is 0.00816. The molecular formula is C21H15ClN2O2. The van der Waals surface area contributed by atoms with E-state index < -0.39 is 5.92 Å². The summed E-state index contributed by atoms with van der Waals surface area (Å²) >= 11 is 6.20.